The number of esters is 1. The number of anilines is 1. The van der Waals surface area contributed by atoms with Crippen molar-refractivity contribution in [1.82, 2.24) is 5.32 Å². The zero-order valence-corrected chi connectivity index (χ0v) is 15.3. The van der Waals surface area contributed by atoms with E-state index in [1.165, 1.54) is 39.5 Å². The maximum absolute atomic E-state index is 12.4. The van der Waals surface area contributed by atoms with Crippen molar-refractivity contribution in [1.29, 1.82) is 0 Å². The summed E-state index contributed by atoms with van der Waals surface area (Å²) in [6, 6.07) is 4.40. The predicted octanol–water partition coefficient (Wildman–Crippen LogP) is 3.10. The Morgan fingerprint density at radius 1 is 1.19 bits per heavy atom. The van der Waals surface area contributed by atoms with Crippen LogP contribution in [-0.4, -0.2) is 44.5 Å². The average molecular weight is 362 g/mol. The van der Waals surface area contributed by atoms with Crippen LogP contribution < -0.4 is 15.4 Å². The Kier molecular flexibility index (Phi) is 5.66. The van der Waals surface area contributed by atoms with Crippen LogP contribution in [0, 0.1) is 0 Å². The SMILES string of the molecule is COC(=O)c1ccc(OC)c(NC(=O)NC2COC3(CCCCC3)C2)c1. The number of amides is 2. The zero-order chi connectivity index (χ0) is 18.6. The van der Waals surface area contributed by atoms with Gasteiger partial charge in [0, 0.05) is 0 Å². The van der Waals surface area contributed by atoms with E-state index in [1.807, 2.05) is 0 Å². The van der Waals surface area contributed by atoms with Crippen LogP contribution in [0.25, 0.3) is 0 Å². The molecule has 1 saturated carbocycles. The van der Waals surface area contributed by atoms with Gasteiger partial charge < -0.3 is 24.8 Å². The molecule has 2 amide bonds. The number of carbonyl (C=O) groups is 2. The molecule has 7 nitrogen and oxygen atoms in total. The van der Waals surface area contributed by atoms with Crippen LogP contribution in [0.2, 0.25) is 0 Å². The molecular weight excluding hydrogens is 336 g/mol. The van der Waals surface area contributed by atoms with Crippen LogP contribution in [0.15, 0.2) is 18.2 Å². The predicted molar refractivity (Wildman–Crippen MR) is 96.7 cm³/mol. The summed E-state index contributed by atoms with van der Waals surface area (Å²) in [5.74, 6) is -0.00114. The molecule has 1 aliphatic carbocycles. The Bertz CT molecular complexity index is 670. The minimum Gasteiger partial charge on any atom is -0.495 e. The van der Waals surface area contributed by atoms with E-state index >= 15 is 0 Å². The van der Waals surface area contributed by atoms with Gasteiger partial charge in [0.05, 0.1) is 43.7 Å². The maximum Gasteiger partial charge on any atom is 0.337 e. The summed E-state index contributed by atoms with van der Waals surface area (Å²) in [6.07, 6.45) is 6.64. The van der Waals surface area contributed by atoms with Crippen LogP contribution in [0.4, 0.5) is 10.5 Å². The van der Waals surface area contributed by atoms with Gasteiger partial charge in [-0.15, -0.1) is 0 Å². The molecule has 2 N–H and O–H groups in total. The first-order valence-electron chi connectivity index (χ1n) is 9.03. The Hall–Kier alpha value is -2.28. The van der Waals surface area contributed by atoms with Crippen LogP contribution in [0.5, 0.6) is 5.75 Å². The first kappa shape index (κ1) is 18.5. The number of urea groups is 1. The van der Waals surface area contributed by atoms with Gasteiger partial charge in [-0.3, -0.25) is 0 Å². The molecule has 3 rings (SSSR count). The highest BCUT2D eigenvalue weighted by Crippen LogP contribution is 2.39. The van der Waals surface area contributed by atoms with Crippen molar-refractivity contribution in [2.75, 3.05) is 26.1 Å². The van der Waals surface area contributed by atoms with E-state index in [4.69, 9.17) is 14.2 Å². The number of rotatable bonds is 4. The van der Waals surface area contributed by atoms with Crippen LogP contribution >= 0.6 is 0 Å². The molecule has 1 atom stereocenters. The number of ether oxygens (including phenoxy) is 3. The van der Waals surface area contributed by atoms with Gasteiger partial charge in [-0.25, -0.2) is 9.59 Å². The summed E-state index contributed by atoms with van der Waals surface area (Å²) in [6.45, 7) is 0.534. The highest BCUT2D eigenvalue weighted by atomic mass is 16.5. The summed E-state index contributed by atoms with van der Waals surface area (Å²) in [5.41, 5.74) is 0.701. The number of hydrogen-bond donors (Lipinski definition) is 2. The van der Waals surface area contributed by atoms with Crippen molar-refractivity contribution in [2.24, 2.45) is 0 Å². The third-order valence-corrected chi connectivity index (χ3v) is 5.18. The normalized spacial score (nSPS) is 21.2. The Balaban J connectivity index is 1.62. The minimum absolute atomic E-state index is 0.0112. The van der Waals surface area contributed by atoms with Crippen LogP contribution in [0.3, 0.4) is 0 Å². The topological polar surface area (TPSA) is 85.9 Å². The number of carbonyl (C=O) groups excluding carboxylic acids is 2. The second-order valence-corrected chi connectivity index (χ2v) is 6.96. The fourth-order valence-corrected chi connectivity index (χ4v) is 3.88. The fourth-order valence-electron chi connectivity index (χ4n) is 3.88. The van der Waals surface area contributed by atoms with Gasteiger partial charge in [0.25, 0.3) is 0 Å². The first-order chi connectivity index (χ1) is 12.5. The molecule has 1 spiro atoms. The quantitative estimate of drug-likeness (QED) is 0.804. The van der Waals surface area contributed by atoms with Gasteiger partial charge >= 0.3 is 12.0 Å². The van der Waals surface area contributed by atoms with Crippen molar-refractivity contribution >= 4 is 17.7 Å². The summed E-state index contributed by atoms with van der Waals surface area (Å²) in [4.78, 5) is 24.1. The molecule has 0 aromatic heterocycles. The Labute approximate surface area is 153 Å². The molecule has 2 fully saturated rings. The Morgan fingerprint density at radius 3 is 2.65 bits per heavy atom. The van der Waals surface area contributed by atoms with E-state index in [-0.39, 0.29) is 17.7 Å². The molecule has 1 saturated heterocycles. The first-order valence-corrected chi connectivity index (χ1v) is 9.03. The van der Waals surface area contributed by atoms with Gasteiger partial charge in [0.15, 0.2) is 0 Å². The zero-order valence-electron chi connectivity index (χ0n) is 15.3. The molecule has 26 heavy (non-hydrogen) atoms. The lowest BCUT2D eigenvalue weighted by Gasteiger charge is -2.32. The Morgan fingerprint density at radius 2 is 1.96 bits per heavy atom. The second kappa shape index (κ2) is 7.95. The average Bonchev–Trinajstić information content (AvgIpc) is 3.03. The minimum atomic E-state index is -0.473. The smallest absolute Gasteiger partial charge is 0.337 e. The van der Waals surface area contributed by atoms with E-state index in [0.717, 1.165) is 19.3 Å². The van der Waals surface area contributed by atoms with Crippen molar-refractivity contribution in [2.45, 2.75) is 50.2 Å². The molecule has 2 aliphatic rings. The highest BCUT2D eigenvalue weighted by molar-refractivity contribution is 5.95. The van der Waals surface area contributed by atoms with Gasteiger partial charge in [0.2, 0.25) is 0 Å². The largest absolute Gasteiger partial charge is 0.495 e. The van der Waals surface area contributed by atoms with Gasteiger partial charge in [-0.2, -0.15) is 0 Å². The maximum atomic E-state index is 12.4. The second-order valence-electron chi connectivity index (χ2n) is 6.96. The third-order valence-electron chi connectivity index (χ3n) is 5.18. The summed E-state index contributed by atoms with van der Waals surface area (Å²) in [7, 11) is 2.82. The molecular formula is C19H26N2O5. The van der Waals surface area contributed by atoms with Crippen molar-refractivity contribution < 1.29 is 23.8 Å². The standard InChI is InChI=1S/C19H26N2O5/c1-24-16-7-6-13(17(22)25-2)10-15(16)21-18(23)20-14-11-19(26-12-14)8-4-3-5-9-19/h6-7,10,14H,3-5,8-9,11-12H2,1-2H3,(H2,20,21,23). The highest BCUT2D eigenvalue weighted by Gasteiger charge is 2.41. The molecule has 1 aromatic rings. The van der Waals surface area contributed by atoms with Crippen molar-refractivity contribution in [3.8, 4) is 5.75 Å². The van der Waals surface area contributed by atoms with Gasteiger partial charge in [0.1, 0.15) is 5.75 Å². The van der Waals surface area contributed by atoms with E-state index in [1.54, 1.807) is 12.1 Å². The van der Waals surface area contributed by atoms with Crippen LogP contribution in [0.1, 0.15) is 48.9 Å². The van der Waals surface area contributed by atoms with Crippen molar-refractivity contribution in [3.05, 3.63) is 23.8 Å². The third kappa shape index (κ3) is 4.09. The molecule has 0 bridgehead atoms. The van der Waals surface area contributed by atoms with Gasteiger partial charge in [-0.05, 0) is 37.5 Å². The molecule has 142 valence electrons. The lowest BCUT2D eigenvalue weighted by molar-refractivity contribution is -0.0245. The molecule has 1 aliphatic heterocycles. The van der Waals surface area contributed by atoms with E-state index in [2.05, 4.69) is 10.6 Å². The summed E-state index contributed by atoms with van der Waals surface area (Å²) in [5, 5.41) is 5.73. The number of methoxy groups -OCH3 is 2. The molecule has 1 unspecified atom stereocenters. The van der Waals surface area contributed by atoms with Gasteiger partial charge in [-0.1, -0.05) is 19.3 Å². The lowest BCUT2D eigenvalue weighted by atomic mass is 9.82. The molecule has 1 heterocycles. The molecule has 7 heteroatoms. The lowest BCUT2D eigenvalue weighted by Crippen LogP contribution is -2.39. The molecule has 1 aromatic carbocycles. The number of hydrogen-bond acceptors (Lipinski definition) is 5. The fraction of sp³-hybridized carbons (Fsp3) is 0.579. The number of nitrogens with one attached hydrogen (secondary N) is 2. The van der Waals surface area contributed by atoms with E-state index in [9.17, 15) is 9.59 Å². The van der Waals surface area contributed by atoms with Crippen molar-refractivity contribution in [3.63, 3.8) is 0 Å². The number of benzene rings is 1. The molecule has 0 radical (unpaired) electrons. The summed E-state index contributed by atoms with van der Waals surface area (Å²) >= 11 is 0. The van der Waals surface area contributed by atoms with E-state index in [0.29, 0.717) is 23.6 Å². The summed E-state index contributed by atoms with van der Waals surface area (Å²) < 4.78 is 16.0. The van der Waals surface area contributed by atoms with Crippen LogP contribution in [-0.2, 0) is 9.47 Å². The monoisotopic (exact) mass is 362 g/mol. The van der Waals surface area contributed by atoms with E-state index < -0.39 is 5.97 Å².